The maximum absolute atomic E-state index is 12.7. The van der Waals surface area contributed by atoms with Crippen molar-refractivity contribution in [2.75, 3.05) is 13.2 Å². The first kappa shape index (κ1) is 13.6. The molecular weight excluding hydrogens is 258 g/mol. The van der Waals surface area contributed by atoms with Crippen LogP contribution >= 0.6 is 0 Å². The summed E-state index contributed by atoms with van der Waals surface area (Å²) in [6, 6.07) is 0.168. The zero-order chi connectivity index (χ0) is 14.5. The largest absolute Gasteiger partial charge is 0.466 e. The molecule has 5 nitrogen and oxygen atoms in total. The number of fused-ring (bicyclic) bond motifs is 1. The average molecular weight is 279 g/mol. The number of carbonyl (C=O) groups excluding carboxylic acids is 2. The Bertz CT molecular complexity index is 474. The van der Waals surface area contributed by atoms with Crippen LogP contribution in [0.1, 0.15) is 27.2 Å². The molecule has 2 bridgehead atoms. The van der Waals surface area contributed by atoms with E-state index in [9.17, 15) is 9.59 Å². The minimum atomic E-state index is -0.609. The van der Waals surface area contributed by atoms with Crippen molar-refractivity contribution in [2.24, 2.45) is 11.8 Å². The van der Waals surface area contributed by atoms with Gasteiger partial charge in [-0.2, -0.15) is 0 Å². The lowest BCUT2D eigenvalue weighted by Crippen LogP contribution is -2.41. The normalized spacial score (nSPS) is 39.2. The molecule has 3 aliphatic rings. The van der Waals surface area contributed by atoms with Crippen LogP contribution in [0.5, 0.6) is 0 Å². The Morgan fingerprint density at radius 2 is 2.35 bits per heavy atom. The third kappa shape index (κ3) is 1.65. The van der Waals surface area contributed by atoms with Crippen LogP contribution in [0, 0.1) is 11.8 Å². The summed E-state index contributed by atoms with van der Waals surface area (Å²) >= 11 is 0. The predicted molar refractivity (Wildman–Crippen MR) is 71.8 cm³/mol. The van der Waals surface area contributed by atoms with Crippen LogP contribution in [0.15, 0.2) is 12.2 Å². The summed E-state index contributed by atoms with van der Waals surface area (Å²) in [4.78, 5) is 26.7. The maximum atomic E-state index is 12.7. The van der Waals surface area contributed by atoms with Gasteiger partial charge in [-0.3, -0.25) is 9.59 Å². The van der Waals surface area contributed by atoms with E-state index in [0.29, 0.717) is 13.2 Å². The lowest BCUT2D eigenvalue weighted by atomic mass is 9.77. The van der Waals surface area contributed by atoms with Crippen LogP contribution in [0.3, 0.4) is 0 Å². The fourth-order valence-electron chi connectivity index (χ4n) is 3.63. The first-order valence-corrected chi connectivity index (χ1v) is 7.38. The van der Waals surface area contributed by atoms with E-state index in [1.54, 1.807) is 6.92 Å². The van der Waals surface area contributed by atoms with E-state index in [1.807, 2.05) is 24.0 Å². The third-order valence-corrected chi connectivity index (χ3v) is 4.81. The van der Waals surface area contributed by atoms with Crippen molar-refractivity contribution in [3.63, 3.8) is 0 Å². The number of hydrogen-bond donors (Lipinski definition) is 0. The van der Waals surface area contributed by atoms with Gasteiger partial charge in [-0.05, 0) is 20.3 Å². The van der Waals surface area contributed by atoms with E-state index < -0.39 is 17.4 Å². The number of carbonyl (C=O) groups is 2. The average Bonchev–Trinajstić information content (AvgIpc) is 3.06. The van der Waals surface area contributed by atoms with E-state index in [-0.39, 0.29) is 24.0 Å². The fraction of sp³-hybridized carbons (Fsp3) is 0.733. The fourth-order valence-corrected chi connectivity index (χ4v) is 3.63. The quantitative estimate of drug-likeness (QED) is 0.572. The molecular formula is C15H21NO4. The van der Waals surface area contributed by atoms with Gasteiger partial charge in [0, 0.05) is 6.04 Å². The second kappa shape index (κ2) is 4.58. The van der Waals surface area contributed by atoms with Crippen molar-refractivity contribution in [3.05, 3.63) is 12.2 Å². The van der Waals surface area contributed by atoms with Crippen LogP contribution < -0.4 is 0 Å². The van der Waals surface area contributed by atoms with Crippen LogP contribution in [0.25, 0.3) is 0 Å². The molecule has 0 saturated carbocycles. The Hall–Kier alpha value is -1.36. The standard InChI is InChI=1S/C15H21NO4/c1-4-9(3)16-8-15-7-6-10(20-15)11(12(15)13(16)17)14(18)19-5-2/h6-7,9-12H,4-5,8H2,1-3H3/t9?,10-,11?,12+,15-/m1/s1. The van der Waals surface area contributed by atoms with Gasteiger partial charge in [0.1, 0.15) is 11.5 Å². The molecule has 0 aromatic rings. The molecule has 0 aromatic carbocycles. The Morgan fingerprint density at radius 1 is 1.60 bits per heavy atom. The molecule has 2 unspecified atom stereocenters. The van der Waals surface area contributed by atoms with Crippen molar-refractivity contribution in [2.45, 2.75) is 44.9 Å². The number of nitrogens with zero attached hydrogens (tertiary/aromatic N) is 1. The molecule has 3 aliphatic heterocycles. The number of ether oxygens (including phenoxy) is 2. The minimum Gasteiger partial charge on any atom is -0.466 e. The molecule has 2 fully saturated rings. The summed E-state index contributed by atoms with van der Waals surface area (Å²) in [5, 5.41) is 0. The lowest BCUT2D eigenvalue weighted by Gasteiger charge is -2.26. The van der Waals surface area contributed by atoms with E-state index in [4.69, 9.17) is 9.47 Å². The molecule has 0 aliphatic carbocycles. The molecule has 1 spiro atoms. The Labute approximate surface area is 118 Å². The summed E-state index contributed by atoms with van der Waals surface area (Å²) in [5.41, 5.74) is -0.609. The van der Waals surface area contributed by atoms with Crippen LogP contribution in [0.2, 0.25) is 0 Å². The van der Waals surface area contributed by atoms with Crippen molar-refractivity contribution in [1.29, 1.82) is 0 Å². The highest BCUT2D eigenvalue weighted by Gasteiger charge is 2.67. The summed E-state index contributed by atoms with van der Waals surface area (Å²) in [7, 11) is 0. The first-order chi connectivity index (χ1) is 9.54. The molecule has 3 rings (SSSR count). The number of hydrogen-bond acceptors (Lipinski definition) is 4. The second-order valence-corrected chi connectivity index (χ2v) is 5.88. The first-order valence-electron chi connectivity index (χ1n) is 7.38. The predicted octanol–water partition coefficient (Wildman–Crippen LogP) is 1.13. The summed E-state index contributed by atoms with van der Waals surface area (Å²) in [5.74, 6) is -1.18. The molecule has 3 heterocycles. The SMILES string of the molecule is CCOC(=O)C1[C@H]2C(=O)N(C(C)CC)C[C@]23C=C[C@H]1O3. The molecule has 0 radical (unpaired) electrons. The van der Waals surface area contributed by atoms with Crippen molar-refractivity contribution in [3.8, 4) is 0 Å². The van der Waals surface area contributed by atoms with Gasteiger partial charge in [0.25, 0.3) is 0 Å². The van der Waals surface area contributed by atoms with Crippen molar-refractivity contribution < 1.29 is 19.1 Å². The summed E-state index contributed by atoms with van der Waals surface area (Å²) < 4.78 is 11.1. The van der Waals surface area contributed by atoms with Gasteiger partial charge in [0.05, 0.1) is 25.2 Å². The molecule has 5 atom stereocenters. The molecule has 5 heteroatoms. The number of esters is 1. The van der Waals surface area contributed by atoms with E-state index in [2.05, 4.69) is 6.92 Å². The maximum Gasteiger partial charge on any atom is 0.312 e. The molecule has 110 valence electrons. The highest BCUT2D eigenvalue weighted by molar-refractivity contribution is 5.91. The highest BCUT2D eigenvalue weighted by Crippen LogP contribution is 2.52. The summed E-state index contributed by atoms with van der Waals surface area (Å²) in [6.07, 6.45) is 4.47. The van der Waals surface area contributed by atoms with E-state index in [1.165, 1.54) is 0 Å². The van der Waals surface area contributed by atoms with Gasteiger partial charge in [0.2, 0.25) is 5.91 Å². The van der Waals surface area contributed by atoms with Crippen LogP contribution in [-0.2, 0) is 19.1 Å². The Kier molecular flexibility index (Phi) is 3.12. The number of likely N-dealkylation sites (tertiary alicyclic amines) is 1. The third-order valence-electron chi connectivity index (χ3n) is 4.81. The molecule has 0 N–H and O–H groups in total. The second-order valence-electron chi connectivity index (χ2n) is 5.88. The molecule has 0 aromatic heterocycles. The van der Waals surface area contributed by atoms with Gasteiger partial charge in [-0.15, -0.1) is 0 Å². The monoisotopic (exact) mass is 279 g/mol. The zero-order valence-electron chi connectivity index (χ0n) is 12.2. The van der Waals surface area contributed by atoms with Gasteiger partial charge in [0.15, 0.2) is 0 Å². The number of rotatable bonds is 4. The van der Waals surface area contributed by atoms with Crippen molar-refractivity contribution in [1.82, 2.24) is 4.90 Å². The van der Waals surface area contributed by atoms with Crippen molar-refractivity contribution >= 4 is 11.9 Å². The van der Waals surface area contributed by atoms with Gasteiger partial charge in [-0.25, -0.2) is 0 Å². The number of amides is 1. The van der Waals surface area contributed by atoms with E-state index >= 15 is 0 Å². The topological polar surface area (TPSA) is 55.8 Å². The van der Waals surface area contributed by atoms with E-state index in [0.717, 1.165) is 6.42 Å². The van der Waals surface area contributed by atoms with Crippen LogP contribution in [-0.4, -0.2) is 47.7 Å². The molecule has 1 amide bonds. The minimum absolute atomic E-state index is 0.0317. The lowest BCUT2D eigenvalue weighted by molar-refractivity contribution is -0.153. The smallest absolute Gasteiger partial charge is 0.312 e. The summed E-state index contributed by atoms with van der Waals surface area (Å²) in [6.45, 7) is 6.74. The van der Waals surface area contributed by atoms with Crippen LogP contribution in [0.4, 0.5) is 0 Å². The Balaban J connectivity index is 1.90. The van der Waals surface area contributed by atoms with Gasteiger partial charge < -0.3 is 14.4 Å². The highest BCUT2D eigenvalue weighted by atomic mass is 16.6. The molecule has 20 heavy (non-hydrogen) atoms. The van der Waals surface area contributed by atoms with Gasteiger partial charge >= 0.3 is 5.97 Å². The van der Waals surface area contributed by atoms with Gasteiger partial charge in [-0.1, -0.05) is 19.1 Å². The molecule has 2 saturated heterocycles. The Morgan fingerprint density at radius 3 is 3.00 bits per heavy atom. The zero-order valence-corrected chi connectivity index (χ0v) is 12.2.